The Morgan fingerprint density at radius 1 is 1.38 bits per heavy atom. The van der Waals surface area contributed by atoms with Crippen LogP contribution in [-0.2, 0) is 14.6 Å². The first-order chi connectivity index (χ1) is 9.94. The van der Waals surface area contributed by atoms with Gasteiger partial charge in [0.25, 0.3) is 0 Å². The lowest BCUT2D eigenvalue weighted by Crippen LogP contribution is -2.45. The van der Waals surface area contributed by atoms with Crippen LogP contribution >= 0.6 is 0 Å². The van der Waals surface area contributed by atoms with Crippen LogP contribution in [0.5, 0.6) is 0 Å². The summed E-state index contributed by atoms with van der Waals surface area (Å²) >= 11 is 0. The fourth-order valence-electron chi connectivity index (χ4n) is 2.52. The number of sulfone groups is 1. The molecular formula is C15H22N2O3S. The number of amides is 1. The Labute approximate surface area is 126 Å². The van der Waals surface area contributed by atoms with Crippen molar-refractivity contribution < 1.29 is 13.2 Å². The van der Waals surface area contributed by atoms with Crippen molar-refractivity contribution in [3.05, 3.63) is 24.3 Å². The highest BCUT2D eigenvalue weighted by atomic mass is 32.2. The van der Waals surface area contributed by atoms with E-state index < -0.39 is 9.84 Å². The minimum absolute atomic E-state index is 0.0125. The molecular weight excluding hydrogens is 288 g/mol. The lowest BCUT2D eigenvalue weighted by molar-refractivity contribution is -0.119. The largest absolute Gasteiger partial charge is 0.324 e. The first kappa shape index (κ1) is 16.0. The third-order valence-electron chi connectivity index (χ3n) is 3.84. The SMILES string of the molecule is CCS(=O)(=O)c1ccccc1NC(=O)C1CC(C)CCN1. The smallest absolute Gasteiger partial charge is 0.241 e. The molecule has 1 aromatic rings. The fourth-order valence-corrected chi connectivity index (χ4v) is 3.57. The van der Waals surface area contributed by atoms with Gasteiger partial charge in [0.1, 0.15) is 0 Å². The zero-order valence-electron chi connectivity index (χ0n) is 12.4. The van der Waals surface area contributed by atoms with E-state index in [-0.39, 0.29) is 22.6 Å². The van der Waals surface area contributed by atoms with Gasteiger partial charge in [-0.15, -0.1) is 0 Å². The molecule has 0 radical (unpaired) electrons. The third-order valence-corrected chi connectivity index (χ3v) is 5.63. The van der Waals surface area contributed by atoms with Gasteiger partial charge in [0, 0.05) is 0 Å². The number of anilines is 1. The molecule has 1 fully saturated rings. The summed E-state index contributed by atoms with van der Waals surface area (Å²) < 4.78 is 24.1. The van der Waals surface area contributed by atoms with Gasteiger partial charge in [0.15, 0.2) is 9.84 Å². The van der Waals surface area contributed by atoms with Gasteiger partial charge in [-0.25, -0.2) is 8.42 Å². The Morgan fingerprint density at radius 2 is 2.10 bits per heavy atom. The molecule has 6 heteroatoms. The van der Waals surface area contributed by atoms with Crippen molar-refractivity contribution >= 4 is 21.4 Å². The molecule has 1 aliphatic rings. The van der Waals surface area contributed by atoms with E-state index >= 15 is 0 Å². The number of rotatable bonds is 4. The maximum Gasteiger partial charge on any atom is 0.241 e. The minimum Gasteiger partial charge on any atom is -0.324 e. The normalized spacial score (nSPS) is 22.8. The molecule has 2 N–H and O–H groups in total. The van der Waals surface area contributed by atoms with E-state index in [0.29, 0.717) is 11.6 Å². The van der Waals surface area contributed by atoms with E-state index in [1.807, 2.05) is 0 Å². The molecule has 1 aliphatic heterocycles. The molecule has 21 heavy (non-hydrogen) atoms. The Balaban J connectivity index is 2.18. The van der Waals surface area contributed by atoms with Gasteiger partial charge in [0.2, 0.25) is 5.91 Å². The predicted molar refractivity (Wildman–Crippen MR) is 83.0 cm³/mol. The fraction of sp³-hybridized carbons (Fsp3) is 0.533. The quantitative estimate of drug-likeness (QED) is 0.889. The maximum atomic E-state index is 12.3. The Kier molecular flexibility index (Phi) is 5.00. The van der Waals surface area contributed by atoms with Crippen LogP contribution in [0.15, 0.2) is 29.2 Å². The summed E-state index contributed by atoms with van der Waals surface area (Å²) in [4.78, 5) is 12.5. The van der Waals surface area contributed by atoms with Crippen molar-refractivity contribution in [2.45, 2.75) is 37.6 Å². The second-order valence-corrected chi connectivity index (χ2v) is 7.77. The molecule has 0 spiro atoms. The van der Waals surface area contributed by atoms with Gasteiger partial charge in [-0.2, -0.15) is 0 Å². The second kappa shape index (κ2) is 6.58. The summed E-state index contributed by atoms with van der Waals surface area (Å²) in [7, 11) is -3.35. The number of carbonyl (C=O) groups excluding carboxylic acids is 1. The first-order valence-electron chi connectivity index (χ1n) is 7.30. The van der Waals surface area contributed by atoms with Gasteiger partial charge in [-0.3, -0.25) is 4.79 Å². The van der Waals surface area contributed by atoms with Crippen LogP contribution in [0.25, 0.3) is 0 Å². The number of nitrogens with one attached hydrogen (secondary N) is 2. The second-order valence-electron chi connectivity index (χ2n) is 5.53. The molecule has 116 valence electrons. The third kappa shape index (κ3) is 3.83. The monoisotopic (exact) mass is 310 g/mol. The summed E-state index contributed by atoms with van der Waals surface area (Å²) in [6.07, 6.45) is 1.83. The summed E-state index contributed by atoms with van der Waals surface area (Å²) in [6, 6.07) is 6.30. The van der Waals surface area contributed by atoms with E-state index in [1.165, 1.54) is 6.07 Å². The molecule has 1 heterocycles. The molecule has 2 rings (SSSR count). The summed E-state index contributed by atoms with van der Waals surface area (Å²) in [5.74, 6) is 0.343. The number of carbonyl (C=O) groups is 1. The van der Waals surface area contributed by atoms with Crippen LogP contribution in [0.2, 0.25) is 0 Å². The summed E-state index contributed by atoms with van der Waals surface area (Å²) in [6.45, 7) is 4.53. The van der Waals surface area contributed by atoms with Crippen LogP contribution in [-0.4, -0.2) is 32.7 Å². The molecule has 1 amide bonds. The highest BCUT2D eigenvalue weighted by Crippen LogP contribution is 2.23. The van der Waals surface area contributed by atoms with E-state index in [4.69, 9.17) is 0 Å². The standard InChI is InChI=1S/C15H22N2O3S/c1-3-21(19,20)14-7-5-4-6-12(14)17-15(18)13-10-11(2)8-9-16-13/h4-7,11,13,16H,3,8-10H2,1-2H3,(H,17,18). The Bertz CT molecular complexity index is 613. The molecule has 0 bridgehead atoms. The number of para-hydroxylation sites is 1. The van der Waals surface area contributed by atoms with Crippen molar-refractivity contribution in [3.63, 3.8) is 0 Å². The van der Waals surface area contributed by atoms with Crippen molar-refractivity contribution in [1.82, 2.24) is 5.32 Å². The summed E-state index contributed by atoms with van der Waals surface area (Å²) in [5, 5.41) is 5.94. The molecule has 0 saturated carbocycles. The van der Waals surface area contributed by atoms with Crippen molar-refractivity contribution in [1.29, 1.82) is 0 Å². The van der Waals surface area contributed by atoms with E-state index in [9.17, 15) is 13.2 Å². The molecule has 1 aromatic carbocycles. The lowest BCUT2D eigenvalue weighted by Gasteiger charge is -2.27. The topological polar surface area (TPSA) is 75.3 Å². The average molecular weight is 310 g/mol. The number of benzene rings is 1. The maximum absolute atomic E-state index is 12.3. The van der Waals surface area contributed by atoms with Gasteiger partial charge < -0.3 is 10.6 Å². The zero-order chi connectivity index (χ0) is 15.5. The van der Waals surface area contributed by atoms with Gasteiger partial charge >= 0.3 is 0 Å². The lowest BCUT2D eigenvalue weighted by atomic mass is 9.94. The molecule has 5 nitrogen and oxygen atoms in total. The predicted octanol–water partition coefficient (Wildman–Crippen LogP) is 1.81. The van der Waals surface area contributed by atoms with Crippen LogP contribution in [0.4, 0.5) is 5.69 Å². The minimum atomic E-state index is -3.35. The average Bonchev–Trinajstić information content (AvgIpc) is 2.47. The Morgan fingerprint density at radius 3 is 2.76 bits per heavy atom. The number of piperidine rings is 1. The van der Waals surface area contributed by atoms with Crippen LogP contribution < -0.4 is 10.6 Å². The van der Waals surface area contributed by atoms with Crippen LogP contribution in [0.1, 0.15) is 26.7 Å². The van der Waals surface area contributed by atoms with Crippen molar-refractivity contribution in [2.75, 3.05) is 17.6 Å². The Hall–Kier alpha value is -1.40. The van der Waals surface area contributed by atoms with Gasteiger partial charge in [0.05, 0.1) is 22.4 Å². The van der Waals surface area contributed by atoms with Crippen LogP contribution in [0, 0.1) is 5.92 Å². The molecule has 2 unspecified atom stereocenters. The summed E-state index contributed by atoms with van der Waals surface area (Å²) in [5.41, 5.74) is 0.365. The number of hydrogen-bond donors (Lipinski definition) is 2. The zero-order valence-corrected chi connectivity index (χ0v) is 13.2. The van der Waals surface area contributed by atoms with Crippen molar-refractivity contribution in [3.8, 4) is 0 Å². The van der Waals surface area contributed by atoms with Gasteiger partial charge in [-0.1, -0.05) is 26.0 Å². The number of hydrogen-bond acceptors (Lipinski definition) is 4. The molecule has 1 saturated heterocycles. The van der Waals surface area contributed by atoms with E-state index in [2.05, 4.69) is 17.6 Å². The first-order valence-corrected chi connectivity index (χ1v) is 8.95. The van der Waals surface area contributed by atoms with Crippen molar-refractivity contribution in [2.24, 2.45) is 5.92 Å². The molecule has 0 aromatic heterocycles. The van der Waals surface area contributed by atoms with Gasteiger partial charge in [-0.05, 0) is 37.4 Å². The molecule has 2 atom stereocenters. The van der Waals surface area contributed by atoms with E-state index in [0.717, 1.165) is 19.4 Å². The van der Waals surface area contributed by atoms with E-state index in [1.54, 1.807) is 25.1 Å². The highest BCUT2D eigenvalue weighted by molar-refractivity contribution is 7.91. The highest BCUT2D eigenvalue weighted by Gasteiger charge is 2.26. The molecule has 0 aliphatic carbocycles. The van der Waals surface area contributed by atoms with Crippen LogP contribution in [0.3, 0.4) is 0 Å².